The lowest BCUT2D eigenvalue weighted by molar-refractivity contribution is -0.138. The van der Waals surface area contributed by atoms with Crippen molar-refractivity contribution >= 4 is 17.6 Å². The molecule has 1 unspecified atom stereocenters. The lowest BCUT2D eigenvalue weighted by Crippen LogP contribution is -2.38. The largest absolute Gasteiger partial charge is 0.497 e. The highest BCUT2D eigenvalue weighted by molar-refractivity contribution is 6.03. The summed E-state index contributed by atoms with van der Waals surface area (Å²) in [6, 6.07) is 4.10. The van der Waals surface area contributed by atoms with Crippen LogP contribution in [0.2, 0.25) is 0 Å². The minimum absolute atomic E-state index is 0.220. The third kappa shape index (κ3) is 2.33. The fourth-order valence-electron chi connectivity index (χ4n) is 2.20. The maximum absolute atomic E-state index is 11.9. The average molecular weight is 265 g/mol. The molecule has 1 atom stereocenters. The number of hydrogen-bond acceptors (Lipinski definition) is 4. The molecule has 1 N–H and O–H groups in total. The van der Waals surface area contributed by atoms with Crippen LogP contribution in [0.15, 0.2) is 18.2 Å². The molecule has 1 aromatic carbocycles. The molecule has 0 bridgehead atoms. The van der Waals surface area contributed by atoms with Gasteiger partial charge < -0.3 is 14.6 Å². The van der Waals surface area contributed by atoms with Crippen LogP contribution in [0.4, 0.5) is 5.69 Å². The van der Waals surface area contributed by atoms with Crippen molar-refractivity contribution in [1.82, 2.24) is 0 Å². The minimum atomic E-state index is -1.02. The summed E-state index contributed by atoms with van der Waals surface area (Å²) in [6.45, 7) is 0. The van der Waals surface area contributed by atoms with Gasteiger partial charge in [-0.15, -0.1) is 0 Å². The molecule has 1 aliphatic rings. The number of carbonyl (C=O) groups is 2. The van der Waals surface area contributed by atoms with E-state index in [1.54, 1.807) is 18.2 Å². The van der Waals surface area contributed by atoms with Crippen LogP contribution in [0.5, 0.6) is 11.5 Å². The number of aliphatic carboxylic acids is 1. The fraction of sp³-hybridized carbons (Fsp3) is 0.385. The van der Waals surface area contributed by atoms with Gasteiger partial charge in [0.15, 0.2) is 0 Å². The van der Waals surface area contributed by atoms with Crippen LogP contribution in [0.3, 0.4) is 0 Å². The lowest BCUT2D eigenvalue weighted by atomic mass is 10.2. The zero-order valence-electron chi connectivity index (χ0n) is 10.8. The molecule has 1 aromatic rings. The van der Waals surface area contributed by atoms with Crippen molar-refractivity contribution in [2.45, 2.75) is 18.9 Å². The molecule has 6 heteroatoms. The van der Waals surface area contributed by atoms with E-state index in [1.807, 2.05) is 0 Å². The van der Waals surface area contributed by atoms with E-state index in [9.17, 15) is 14.7 Å². The first kappa shape index (κ1) is 13.2. The number of hydrogen-bond donors (Lipinski definition) is 1. The maximum Gasteiger partial charge on any atom is 0.326 e. The molecule has 2 rings (SSSR count). The number of amides is 1. The zero-order valence-corrected chi connectivity index (χ0v) is 10.8. The number of carboxylic acid groups (broad SMARTS) is 1. The van der Waals surface area contributed by atoms with E-state index in [2.05, 4.69) is 0 Å². The first-order chi connectivity index (χ1) is 9.08. The summed E-state index contributed by atoms with van der Waals surface area (Å²) in [5, 5.41) is 9.19. The molecule has 19 heavy (non-hydrogen) atoms. The van der Waals surface area contributed by atoms with E-state index in [1.165, 1.54) is 19.1 Å². The van der Waals surface area contributed by atoms with E-state index in [4.69, 9.17) is 9.47 Å². The molecule has 1 saturated heterocycles. The smallest absolute Gasteiger partial charge is 0.326 e. The highest BCUT2D eigenvalue weighted by Gasteiger charge is 2.38. The SMILES string of the molecule is COc1ccc(OC)c(N2C(=O)CCC2C(=O)O)c1. The molecule has 0 radical (unpaired) electrons. The normalized spacial score (nSPS) is 18.5. The van der Waals surface area contributed by atoms with E-state index in [0.717, 1.165) is 0 Å². The highest BCUT2D eigenvalue weighted by Crippen LogP contribution is 2.37. The Kier molecular flexibility index (Phi) is 3.59. The fourth-order valence-corrected chi connectivity index (χ4v) is 2.20. The molecule has 0 aliphatic carbocycles. The van der Waals surface area contributed by atoms with Crippen LogP contribution in [0.1, 0.15) is 12.8 Å². The Labute approximate surface area is 110 Å². The molecule has 1 aliphatic heterocycles. The molecule has 0 saturated carbocycles. The van der Waals surface area contributed by atoms with Gasteiger partial charge in [0.2, 0.25) is 5.91 Å². The molecule has 102 valence electrons. The number of anilines is 1. The number of rotatable bonds is 4. The summed E-state index contributed by atoms with van der Waals surface area (Å²) in [7, 11) is 2.98. The summed E-state index contributed by atoms with van der Waals surface area (Å²) < 4.78 is 10.3. The predicted octanol–water partition coefficient (Wildman–Crippen LogP) is 1.28. The summed E-state index contributed by atoms with van der Waals surface area (Å²) in [4.78, 5) is 24.4. The second kappa shape index (κ2) is 5.17. The van der Waals surface area contributed by atoms with Crippen molar-refractivity contribution in [3.8, 4) is 11.5 Å². The Balaban J connectivity index is 2.48. The van der Waals surface area contributed by atoms with E-state index < -0.39 is 12.0 Å². The molecule has 1 heterocycles. The molecule has 0 aromatic heterocycles. The van der Waals surface area contributed by atoms with Gasteiger partial charge in [0.1, 0.15) is 17.5 Å². The number of carbonyl (C=O) groups excluding carboxylic acids is 1. The summed E-state index contributed by atoms with van der Waals surface area (Å²) in [5.41, 5.74) is 0.428. The van der Waals surface area contributed by atoms with Gasteiger partial charge in [-0.05, 0) is 18.6 Å². The van der Waals surface area contributed by atoms with Gasteiger partial charge >= 0.3 is 5.97 Å². The van der Waals surface area contributed by atoms with Crippen LogP contribution in [0, 0.1) is 0 Å². The van der Waals surface area contributed by atoms with Crippen LogP contribution in [-0.2, 0) is 9.59 Å². The quantitative estimate of drug-likeness (QED) is 0.887. The summed E-state index contributed by atoms with van der Waals surface area (Å²) in [5.74, 6) is -0.253. The van der Waals surface area contributed by atoms with Gasteiger partial charge in [0, 0.05) is 12.5 Å². The third-order valence-electron chi connectivity index (χ3n) is 3.14. The van der Waals surface area contributed by atoms with Crippen molar-refractivity contribution in [3.63, 3.8) is 0 Å². The second-order valence-electron chi connectivity index (χ2n) is 4.19. The number of benzene rings is 1. The molecule has 1 fully saturated rings. The predicted molar refractivity (Wildman–Crippen MR) is 67.7 cm³/mol. The van der Waals surface area contributed by atoms with E-state index >= 15 is 0 Å². The lowest BCUT2D eigenvalue weighted by Gasteiger charge is -2.24. The zero-order chi connectivity index (χ0) is 14.0. The van der Waals surface area contributed by atoms with Gasteiger partial charge in [0.05, 0.1) is 19.9 Å². The van der Waals surface area contributed by atoms with Crippen molar-refractivity contribution in [2.75, 3.05) is 19.1 Å². The standard InChI is InChI=1S/C13H15NO5/c1-18-8-3-5-11(19-2)10(7-8)14-9(13(16)17)4-6-12(14)15/h3,5,7,9H,4,6H2,1-2H3,(H,16,17). The van der Waals surface area contributed by atoms with Gasteiger partial charge in [0.25, 0.3) is 0 Å². The van der Waals surface area contributed by atoms with Crippen molar-refractivity contribution in [2.24, 2.45) is 0 Å². The Hall–Kier alpha value is -2.24. The number of methoxy groups -OCH3 is 2. The minimum Gasteiger partial charge on any atom is -0.497 e. The van der Waals surface area contributed by atoms with Crippen molar-refractivity contribution in [1.29, 1.82) is 0 Å². The van der Waals surface area contributed by atoms with Gasteiger partial charge in [-0.2, -0.15) is 0 Å². The monoisotopic (exact) mass is 265 g/mol. The van der Waals surface area contributed by atoms with Crippen LogP contribution >= 0.6 is 0 Å². The molecular weight excluding hydrogens is 250 g/mol. The third-order valence-corrected chi connectivity index (χ3v) is 3.14. The second-order valence-corrected chi connectivity index (χ2v) is 4.19. The maximum atomic E-state index is 11.9. The van der Waals surface area contributed by atoms with Gasteiger partial charge in [-0.25, -0.2) is 4.79 Å². The topological polar surface area (TPSA) is 76.1 Å². The van der Waals surface area contributed by atoms with Crippen molar-refractivity contribution < 1.29 is 24.2 Å². The number of nitrogens with zero attached hydrogens (tertiary/aromatic N) is 1. The number of carboxylic acids is 1. The van der Waals surface area contributed by atoms with Gasteiger partial charge in [-0.3, -0.25) is 9.69 Å². The molecule has 6 nitrogen and oxygen atoms in total. The van der Waals surface area contributed by atoms with Crippen LogP contribution in [0.25, 0.3) is 0 Å². The summed E-state index contributed by atoms with van der Waals surface area (Å²) in [6.07, 6.45) is 0.520. The highest BCUT2D eigenvalue weighted by atomic mass is 16.5. The Morgan fingerprint density at radius 2 is 2.11 bits per heavy atom. The first-order valence-corrected chi connectivity index (χ1v) is 5.85. The Morgan fingerprint density at radius 1 is 1.37 bits per heavy atom. The first-order valence-electron chi connectivity index (χ1n) is 5.85. The number of ether oxygens (including phenoxy) is 2. The van der Waals surface area contributed by atoms with Gasteiger partial charge in [-0.1, -0.05) is 0 Å². The van der Waals surface area contributed by atoms with E-state index in [-0.39, 0.29) is 12.3 Å². The Bertz CT molecular complexity index is 514. The van der Waals surface area contributed by atoms with Crippen LogP contribution < -0.4 is 14.4 Å². The molecular formula is C13H15NO5. The average Bonchev–Trinajstić information content (AvgIpc) is 2.80. The molecule has 0 spiro atoms. The molecule has 1 amide bonds. The van der Waals surface area contributed by atoms with Crippen molar-refractivity contribution in [3.05, 3.63) is 18.2 Å². The van der Waals surface area contributed by atoms with E-state index in [0.29, 0.717) is 23.6 Å². The Morgan fingerprint density at radius 3 is 2.68 bits per heavy atom. The van der Waals surface area contributed by atoms with Crippen LogP contribution in [-0.4, -0.2) is 37.2 Å². The summed E-state index contributed by atoms with van der Waals surface area (Å²) >= 11 is 0.